The molecule has 1 aromatic heterocycles. The Labute approximate surface area is 115 Å². The van der Waals surface area contributed by atoms with Gasteiger partial charge in [-0.2, -0.15) is 0 Å². The van der Waals surface area contributed by atoms with Crippen molar-refractivity contribution in [2.24, 2.45) is 11.1 Å². The summed E-state index contributed by atoms with van der Waals surface area (Å²) >= 11 is 1.91. The fraction of sp³-hybridized carbons (Fsp3) is 0.733. The minimum Gasteiger partial charge on any atom is -0.330 e. The SMILES string of the molecule is Cc1cc(CNCC2(CN)CCCCC2)sc1C. The Kier molecular flexibility index (Phi) is 4.82. The molecule has 102 valence electrons. The highest BCUT2D eigenvalue weighted by Crippen LogP contribution is 2.34. The maximum Gasteiger partial charge on any atom is 0.0300 e. The fourth-order valence-electron chi connectivity index (χ4n) is 2.94. The first-order chi connectivity index (χ1) is 8.65. The minimum atomic E-state index is 0.375. The third kappa shape index (κ3) is 3.34. The zero-order valence-corrected chi connectivity index (χ0v) is 12.5. The maximum atomic E-state index is 6.01. The molecule has 3 heteroatoms. The van der Waals surface area contributed by atoms with Crippen LogP contribution in [0.25, 0.3) is 0 Å². The Morgan fingerprint density at radius 2 is 2.00 bits per heavy atom. The molecular weight excluding hydrogens is 240 g/mol. The summed E-state index contributed by atoms with van der Waals surface area (Å²) < 4.78 is 0. The number of aryl methyl sites for hydroxylation is 2. The molecule has 1 aliphatic carbocycles. The predicted molar refractivity (Wildman–Crippen MR) is 80.1 cm³/mol. The van der Waals surface area contributed by atoms with Crippen LogP contribution in [0, 0.1) is 19.3 Å². The summed E-state index contributed by atoms with van der Waals surface area (Å²) in [5, 5.41) is 3.63. The molecule has 0 radical (unpaired) electrons. The highest BCUT2D eigenvalue weighted by atomic mass is 32.1. The molecule has 0 aromatic carbocycles. The maximum absolute atomic E-state index is 6.01. The molecule has 0 saturated heterocycles. The molecule has 0 amide bonds. The van der Waals surface area contributed by atoms with Crippen LogP contribution in [0.3, 0.4) is 0 Å². The Hall–Kier alpha value is -0.380. The Morgan fingerprint density at radius 1 is 1.28 bits per heavy atom. The first-order valence-corrected chi connectivity index (χ1v) is 7.94. The molecule has 0 aliphatic heterocycles. The van der Waals surface area contributed by atoms with E-state index < -0.39 is 0 Å². The van der Waals surface area contributed by atoms with Gasteiger partial charge in [0, 0.05) is 22.8 Å². The lowest BCUT2D eigenvalue weighted by Crippen LogP contribution is -2.41. The number of thiophene rings is 1. The summed E-state index contributed by atoms with van der Waals surface area (Å²) in [7, 11) is 0. The van der Waals surface area contributed by atoms with E-state index in [4.69, 9.17) is 5.73 Å². The average Bonchev–Trinajstić information content (AvgIpc) is 2.70. The van der Waals surface area contributed by atoms with Gasteiger partial charge in [0.15, 0.2) is 0 Å². The molecule has 1 heterocycles. The highest BCUT2D eigenvalue weighted by molar-refractivity contribution is 7.12. The van der Waals surface area contributed by atoms with Crippen LogP contribution in [0.15, 0.2) is 6.07 Å². The van der Waals surface area contributed by atoms with Crippen molar-refractivity contribution in [2.45, 2.75) is 52.5 Å². The van der Waals surface area contributed by atoms with Crippen molar-refractivity contribution in [3.8, 4) is 0 Å². The van der Waals surface area contributed by atoms with Crippen LogP contribution < -0.4 is 11.1 Å². The van der Waals surface area contributed by atoms with Gasteiger partial charge in [0.1, 0.15) is 0 Å². The van der Waals surface area contributed by atoms with Gasteiger partial charge in [-0.15, -0.1) is 11.3 Å². The number of nitrogens with two attached hydrogens (primary N) is 1. The van der Waals surface area contributed by atoms with Crippen LogP contribution in [0.5, 0.6) is 0 Å². The van der Waals surface area contributed by atoms with Gasteiger partial charge >= 0.3 is 0 Å². The fourth-order valence-corrected chi connectivity index (χ4v) is 3.97. The number of hydrogen-bond donors (Lipinski definition) is 2. The van der Waals surface area contributed by atoms with Gasteiger partial charge in [-0.25, -0.2) is 0 Å². The van der Waals surface area contributed by atoms with Gasteiger partial charge in [-0.1, -0.05) is 19.3 Å². The van der Waals surface area contributed by atoms with Crippen molar-refractivity contribution < 1.29 is 0 Å². The summed E-state index contributed by atoms with van der Waals surface area (Å²) in [5.74, 6) is 0. The minimum absolute atomic E-state index is 0.375. The van der Waals surface area contributed by atoms with Crippen LogP contribution in [0.4, 0.5) is 0 Å². The lowest BCUT2D eigenvalue weighted by atomic mass is 9.74. The first kappa shape index (κ1) is 14.0. The summed E-state index contributed by atoms with van der Waals surface area (Å²) in [5.41, 5.74) is 7.80. The summed E-state index contributed by atoms with van der Waals surface area (Å²) in [6, 6.07) is 2.31. The van der Waals surface area contributed by atoms with Gasteiger partial charge in [0.05, 0.1) is 0 Å². The van der Waals surface area contributed by atoms with E-state index in [1.165, 1.54) is 47.4 Å². The second-order valence-corrected chi connectivity index (χ2v) is 7.16. The molecule has 0 atom stereocenters. The molecule has 0 unspecified atom stereocenters. The normalized spacial score (nSPS) is 19.1. The van der Waals surface area contributed by atoms with Crippen molar-refractivity contribution in [2.75, 3.05) is 13.1 Å². The van der Waals surface area contributed by atoms with E-state index in [1.54, 1.807) is 0 Å². The van der Waals surface area contributed by atoms with Crippen LogP contribution in [0.1, 0.15) is 47.4 Å². The highest BCUT2D eigenvalue weighted by Gasteiger charge is 2.29. The Morgan fingerprint density at radius 3 is 2.56 bits per heavy atom. The topological polar surface area (TPSA) is 38.0 Å². The molecule has 0 spiro atoms. The van der Waals surface area contributed by atoms with E-state index in [9.17, 15) is 0 Å². The van der Waals surface area contributed by atoms with E-state index in [-0.39, 0.29) is 0 Å². The summed E-state index contributed by atoms with van der Waals surface area (Å²) in [6.07, 6.45) is 6.72. The van der Waals surface area contributed by atoms with Gasteiger partial charge in [0.2, 0.25) is 0 Å². The van der Waals surface area contributed by atoms with E-state index in [0.29, 0.717) is 5.41 Å². The number of nitrogens with one attached hydrogen (secondary N) is 1. The van der Waals surface area contributed by atoms with Crippen molar-refractivity contribution >= 4 is 11.3 Å². The second-order valence-electron chi connectivity index (χ2n) is 5.82. The first-order valence-electron chi connectivity index (χ1n) is 7.12. The summed E-state index contributed by atoms with van der Waals surface area (Å²) in [4.78, 5) is 2.89. The second kappa shape index (κ2) is 6.18. The van der Waals surface area contributed by atoms with Crippen LogP contribution >= 0.6 is 11.3 Å². The molecule has 0 bridgehead atoms. The molecular formula is C15H26N2S. The zero-order valence-electron chi connectivity index (χ0n) is 11.7. The van der Waals surface area contributed by atoms with E-state index in [2.05, 4.69) is 25.2 Å². The third-order valence-electron chi connectivity index (χ3n) is 4.36. The monoisotopic (exact) mass is 266 g/mol. The molecule has 3 N–H and O–H groups in total. The molecule has 1 aliphatic rings. The van der Waals surface area contributed by atoms with Crippen molar-refractivity contribution in [1.29, 1.82) is 0 Å². The molecule has 2 nitrogen and oxygen atoms in total. The number of hydrogen-bond acceptors (Lipinski definition) is 3. The zero-order chi connectivity index (χ0) is 13.0. The predicted octanol–water partition coefficient (Wildman–Crippen LogP) is 3.36. The van der Waals surface area contributed by atoms with Crippen LogP contribution in [0.2, 0.25) is 0 Å². The van der Waals surface area contributed by atoms with Crippen LogP contribution in [-0.4, -0.2) is 13.1 Å². The van der Waals surface area contributed by atoms with Gasteiger partial charge in [0.25, 0.3) is 0 Å². The lowest BCUT2D eigenvalue weighted by molar-refractivity contribution is 0.191. The quantitative estimate of drug-likeness (QED) is 0.857. The summed E-state index contributed by atoms with van der Waals surface area (Å²) in [6.45, 7) is 7.31. The molecule has 1 aromatic rings. The molecule has 18 heavy (non-hydrogen) atoms. The van der Waals surface area contributed by atoms with Crippen LogP contribution in [-0.2, 0) is 6.54 Å². The standard InChI is InChI=1S/C15H26N2S/c1-12-8-14(18-13(12)2)9-17-11-15(10-16)6-4-3-5-7-15/h8,17H,3-7,9-11,16H2,1-2H3. The Balaban J connectivity index is 1.83. The lowest BCUT2D eigenvalue weighted by Gasteiger charge is -2.36. The van der Waals surface area contributed by atoms with Gasteiger partial charge < -0.3 is 11.1 Å². The molecule has 1 saturated carbocycles. The number of rotatable bonds is 5. The average molecular weight is 266 g/mol. The smallest absolute Gasteiger partial charge is 0.0300 e. The van der Waals surface area contributed by atoms with Gasteiger partial charge in [-0.3, -0.25) is 0 Å². The van der Waals surface area contributed by atoms with E-state index in [0.717, 1.165) is 19.6 Å². The van der Waals surface area contributed by atoms with E-state index >= 15 is 0 Å². The van der Waals surface area contributed by atoms with Crippen molar-refractivity contribution in [3.63, 3.8) is 0 Å². The third-order valence-corrected chi connectivity index (χ3v) is 5.52. The molecule has 2 rings (SSSR count). The van der Waals surface area contributed by atoms with Crippen molar-refractivity contribution in [3.05, 3.63) is 21.4 Å². The van der Waals surface area contributed by atoms with Gasteiger partial charge in [-0.05, 0) is 50.3 Å². The largest absolute Gasteiger partial charge is 0.330 e. The van der Waals surface area contributed by atoms with Crippen molar-refractivity contribution in [1.82, 2.24) is 5.32 Å². The molecule has 1 fully saturated rings. The van der Waals surface area contributed by atoms with E-state index in [1.807, 2.05) is 11.3 Å². The Bertz CT molecular complexity index is 358.